The van der Waals surface area contributed by atoms with Gasteiger partial charge in [-0.15, -0.1) is 11.3 Å². The summed E-state index contributed by atoms with van der Waals surface area (Å²) in [4.78, 5) is 24.9. The monoisotopic (exact) mass is 282 g/mol. The quantitative estimate of drug-likeness (QED) is 0.818. The van der Waals surface area contributed by atoms with Crippen LogP contribution in [0.3, 0.4) is 0 Å². The zero-order valence-electron chi connectivity index (χ0n) is 11.1. The molecule has 1 aromatic rings. The summed E-state index contributed by atoms with van der Waals surface area (Å²) in [6, 6.07) is 1.93. The fourth-order valence-corrected chi connectivity index (χ4v) is 3.26. The number of amides is 2. The van der Waals surface area contributed by atoms with Crippen LogP contribution < -0.4 is 10.9 Å². The molecule has 6 heteroatoms. The van der Waals surface area contributed by atoms with Crippen molar-refractivity contribution in [1.82, 2.24) is 10.9 Å². The van der Waals surface area contributed by atoms with Gasteiger partial charge < -0.3 is 4.74 Å². The first kappa shape index (κ1) is 13.9. The molecule has 1 aliphatic rings. The van der Waals surface area contributed by atoms with E-state index < -0.39 is 6.09 Å². The van der Waals surface area contributed by atoms with Crippen LogP contribution >= 0.6 is 11.3 Å². The zero-order valence-corrected chi connectivity index (χ0v) is 11.9. The maximum absolute atomic E-state index is 11.9. The van der Waals surface area contributed by atoms with Crippen molar-refractivity contribution in [1.29, 1.82) is 0 Å². The molecule has 104 valence electrons. The molecule has 2 N–H and O–H groups in total. The number of hydrogen-bond acceptors (Lipinski definition) is 4. The molecule has 5 nitrogen and oxygen atoms in total. The molecule has 1 atom stereocenters. The van der Waals surface area contributed by atoms with Gasteiger partial charge in [0.25, 0.3) is 5.91 Å². The van der Waals surface area contributed by atoms with Gasteiger partial charge in [0.1, 0.15) is 0 Å². The molecular weight excluding hydrogens is 264 g/mol. The summed E-state index contributed by atoms with van der Waals surface area (Å²) < 4.78 is 4.66. The van der Waals surface area contributed by atoms with E-state index in [0.717, 1.165) is 12.8 Å². The first-order valence-electron chi connectivity index (χ1n) is 6.44. The average Bonchev–Trinajstić information content (AvgIpc) is 2.79. The van der Waals surface area contributed by atoms with Gasteiger partial charge >= 0.3 is 6.09 Å². The number of hydrogen-bond donors (Lipinski definition) is 2. The highest BCUT2D eigenvalue weighted by Gasteiger charge is 2.20. The standard InChI is InChI=1S/C13H18N2O3S/c1-3-18-13(17)15-14-12(16)11-7-9-6-8(2)4-5-10(9)19-11/h7-8H,3-6H2,1-2H3,(H,14,16)(H,15,17). The van der Waals surface area contributed by atoms with Crippen LogP contribution in [0.1, 0.15) is 40.4 Å². The van der Waals surface area contributed by atoms with Crippen LogP contribution in [0.25, 0.3) is 0 Å². The molecule has 0 radical (unpaired) electrons. The number of rotatable bonds is 2. The van der Waals surface area contributed by atoms with Gasteiger partial charge in [0, 0.05) is 4.88 Å². The fraction of sp³-hybridized carbons (Fsp3) is 0.538. The van der Waals surface area contributed by atoms with E-state index in [4.69, 9.17) is 0 Å². The predicted octanol–water partition coefficient (Wildman–Crippen LogP) is 2.26. The maximum Gasteiger partial charge on any atom is 0.426 e. The Bertz CT molecular complexity index is 484. The summed E-state index contributed by atoms with van der Waals surface area (Å²) in [7, 11) is 0. The van der Waals surface area contributed by atoms with E-state index in [-0.39, 0.29) is 12.5 Å². The minimum absolute atomic E-state index is 0.271. The first-order chi connectivity index (χ1) is 9.10. The number of nitrogens with one attached hydrogen (secondary N) is 2. The average molecular weight is 282 g/mol. The Balaban J connectivity index is 1.95. The molecule has 1 heterocycles. The third-order valence-electron chi connectivity index (χ3n) is 3.11. The molecule has 1 aromatic heterocycles. The van der Waals surface area contributed by atoms with Crippen molar-refractivity contribution < 1.29 is 14.3 Å². The van der Waals surface area contributed by atoms with Gasteiger partial charge in [0.15, 0.2) is 0 Å². The lowest BCUT2D eigenvalue weighted by Gasteiger charge is -2.16. The molecule has 2 amide bonds. The number of fused-ring (bicyclic) bond motifs is 1. The van der Waals surface area contributed by atoms with Gasteiger partial charge in [-0.3, -0.25) is 10.2 Å². The lowest BCUT2D eigenvalue weighted by molar-refractivity contribution is 0.0916. The van der Waals surface area contributed by atoms with Crippen molar-refractivity contribution in [3.8, 4) is 0 Å². The second-order valence-electron chi connectivity index (χ2n) is 4.71. The number of thiophene rings is 1. The van der Waals surface area contributed by atoms with Gasteiger partial charge in [0.05, 0.1) is 11.5 Å². The minimum Gasteiger partial charge on any atom is -0.449 e. The summed E-state index contributed by atoms with van der Waals surface area (Å²) in [5.41, 5.74) is 5.84. The second-order valence-corrected chi connectivity index (χ2v) is 5.84. The van der Waals surface area contributed by atoms with E-state index in [1.165, 1.54) is 28.2 Å². The Hall–Kier alpha value is -1.56. The Morgan fingerprint density at radius 2 is 2.26 bits per heavy atom. The zero-order chi connectivity index (χ0) is 13.8. The number of carbonyl (C=O) groups is 2. The third-order valence-corrected chi connectivity index (χ3v) is 4.34. The summed E-state index contributed by atoms with van der Waals surface area (Å²) in [6.07, 6.45) is 2.60. The van der Waals surface area contributed by atoms with Crippen molar-refractivity contribution in [2.24, 2.45) is 5.92 Å². The third kappa shape index (κ3) is 3.47. The highest BCUT2D eigenvalue weighted by molar-refractivity contribution is 7.14. The Labute approximate surface area is 116 Å². The Morgan fingerprint density at radius 3 is 3.00 bits per heavy atom. The van der Waals surface area contributed by atoms with Crippen LogP contribution in [0.2, 0.25) is 0 Å². The lowest BCUT2D eigenvalue weighted by atomic mass is 9.90. The summed E-state index contributed by atoms with van der Waals surface area (Å²) in [5.74, 6) is 0.385. The van der Waals surface area contributed by atoms with E-state index in [0.29, 0.717) is 10.8 Å². The van der Waals surface area contributed by atoms with Gasteiger partial charge in [-0.1, -0.05) is 6.92 Å². The highest BCUT2D eigenvalue weighted by atomic mass is 32.1. The van der Waals surface area contributed by atoms with Crippen molar-refractivity contribution in [2.75, 3.05) is 6.61 Å². The van der Waals surface area contributed by atoms with Crippen LogP contribution in [0, 0.1) is 5.92 Å². The molecule has 0 bridgehead atoms. The molecule has 0 saturated carbocycles. The number of hydrazine groups is 1. The fourth-order valence-electron chi connectivity index (χ4n) is 2.15. The molecule has 2 rings (SSSR count). The lowest BCUT2D eigenvalue weighted by Crippen LogP contribution is -2.41. The van der Waals surface area contributed by atoms with Crippen molar-refractivity contribution in [2.45, 2.75) is 33.1 Å². The summed E-state index contributed by atoms with van der Waals surface area (Å²) >= 11 is 1.51. The van der Waals surface area contributed by atoms with Crippen LogP contribution in [0.5, 0.6) is 0 Å². The Morgan fingerprint density at radius 1 is 1.47 bits per heavy atom. The van der Waals surface area contributed by atoms with Crippen molar-refractivity contribution >= 4 is 23.3 Å². The topological polar surface area (TPSA) is 67.4 Å². The van der Waals surface area contributed by atoms with Gasteiger partial charge in [0.2, 0.25) is 0 Å². The Kier molecular flexibility index (Phi) is 4.42. The van der Waals surface area contributed by atoms with Crippen LogP contribution in [0.15, 0.2) is 6.07 Å². The van der Waals surface area contributed by atoms with Crippen molar-refractivity contribution in [3.05, 3.63) is 21.4 Å². The van der Waals surface area contributed by atoms with E-state index >= 15 is 0 Å². The molecular formula is C13H18N2O3S. The molecule has 0 fully saturated rings. The number of aryl methyl sites for hydroxylation is 1. The maximum atomic E-state index is 11.9. The van der Waals surface area contributed by atoms with E-state index in [9.17, 15) is 9.59 Å². The van der Waals surface area contributed by atoms with E-state index in [1.54, 1.807) is 6.92 Å². The van der Waals surface area contributed by atoms with E-state index in [2.05, 4.69) is 22.5 Å². The molecule has 0 aromatic carbocycles. The SMILES string of the molecule is CCOC(=O)NNC(=O)c1cc2c(s1)CCC(C)C2. The molecule has 0 spiro atoms. The van der Waals surface area contributed by atoms with Crippen LogP contribution in [-0.2, 0) is 17.6 Å². The highest BCUT2D eigenvalue weighted by Crippen LogP contribution is 2.31. The largest absolute Gasteiger partial charge is 0.449 e. The summed E-state index contributed by atoms with van der Waals surface area (Å²) in [6.45, 7) is 4.20. The number of carbonyl (C=O) groups excluding carboxylic acids is 2. The molecule has 1 unspecified atom stereocenters. The normalized spacial score (nSPS) is 17.5. The predicted molar refractivity (Wildman–Crippen MR) is 73.1 cm³/mol. The molecule has 19 heavy (non-hydrogen) atoms. The number of ether oxygens (including phenoxy) is 1. The molecule has 0 aliphatic heterocycles. The van der Waals surface area contributed by atoms with Crippen molar-refractivity contribution in [3.63, 3.8) is 0 Å². The van der Waals surface area contributed by atoms with E-state index in [1.807, 2.05) is 6.07 Å². The van der Waals surface area contributed by atoms with Crippen LogP contribution in [-0.4, -0.2) is 18.6 Å². The molecule has 1 aliphatic carbocycles. The first-order valence-corrected chi connectivity index (χ1v) is 7.26. The minimum atomic E-state index is -0.647. The summed E-state index contributed by atoms with van der Waals surface area (Å²) in [5, 5.41) is 0. The van der Waals surface area contributed by atoms with Gasteiger partial charge in [-0.25, -0.2) is 10.2 Å². The second kappa shape index (κ2) is 6.06. The smallest absolute Gasteiger partial charge is 0.426 e. The van der Waals surface area contributed by atoms with Gasteiger partial charge in [-0.05, 0) is 43.7 Å². The van der Waals surface area contributed by atoms with Crippen LogP contribution in [0.4, 0.5) is 4.79 Å². The molecule has 0 saturated heterocycles. The van der Waals surface area contributed by atoms with Gasteiger partial charge in [-0.2, -0.15) is 0 Å².